The second-order valence-corrected chi connectivity index (χ2v) is 7.72. The molecule has 8 heteroatoms. The fourth-order valence-corrected chi connectivity index (χ4v) is 3.84. The monoisotopic (exact) mass is 427 g/mol. The highest BCUT2D eigenvalue weighted by Gasteiger charge is 2.30. The number of fused-ring (bicyclic) bond motifs is 1. The van der Waals surface area contributed by atoms with Crippen LogP contribution in [-0.2, 0) is 16.1 Å². The first-order valence-corrected chi connectivity index (χ1v) is 10.3. The molecule has 2 aromatic rings. The van der Waals surface area contributed by atoms with Gasteiger partial charge < -0.3 is 15.0 Å². The number of carbonyl (C=O) groups excluding carboxylic acids is 3. The van der Waals surface area contributed by atoms with E-state index in [1.54, 1.807) is 29.2 Å². The van der Waals surface area contributed by atoms with Gasteiger partial charge in [0.1, 0.15) is 12.3 Å². The number of benzene rings is 2. The summed E-state index contributed by atoms with van der Waals surface area (Å²) in [5.74, 6) is -0.223. The molecule has 0 saturated carbocycles. The number of rotatable bonds is 5. The number of anilines is 1. The predicted molar refractivity (Wildman–Crippen MR) is 113 cm³/mol. The van der Waals surface area contributed by atoms with Crippen LogP contribution in [0, 0.1) is 0 Å². The molecule has 0 spiro atoms. The minimum absolute atomic E-state index is 0.0557. The first-order valence-electron chi connectivity index (χ1n) is 9.89. The second-order valence-electron chi connectivity index (χ2n) is 7.31. The van der Waals surface area contributed by atoms with Crippen LogP contribution in [-0.4, -0.2) is 48.9 Å². The largest absolute Gasteiger partial charge is 0.482 e. The Kier molecular flexibility index (Phi) is 5.90. The van der Waals surface area contributed by atoms with Gasteiger partial charge in [0.05, 0.1) is 5.69 Å². The van der Waals surface area contributed by atoms with E-state index in [-0.39, 0.29) is 37.4 Å². The van der Waals surface area contributed by atoms with Crippen LogP contribution < -0.4 is 15.0 Å². The van der Waals surface area contributed by atoms with E-state index in [1.165, 1.54) is 4.90 Å². The summed E-state index contributed by atoms with van der Waals surface area (Å²) < 4.78 is 5.49. The lowest BCUT2D eigenvalue weighted by atomic mass is 10.1. The number of amides is 3. The first-order chi connectivity index (χ1) is 14.5. The molecule has 2 heterocycles. The van der Waals surface area contributed by atoms with Gasteiger partial charge in [-0.1, -0.05) is 29.8 Å². The Bertz CT molecular complexity index is 988. The molecule has 1 fully saturated rings. The Labute approximate surface area is 179 Å². The summed E-state index contributed by atoms with van der Waals surface area (Å²) >= 11 is 6.14. The summed E-state index contributed by atoms with van der Waals surface area (Å²) in [6.45, 7) is 1.53. The minimum Gasteiger partial charge on any atom is -0.482 e. The van der Waals surface area contributed by atoms with E-state index in [1.807, 2.05) is 18.2 Å². The van der Waals surface area contributed by atoms with Gasteiger partial charge in [-0.05, 0) is 42.7 Å². The molecule has 0 radical (unpaired) electrons. The number of halogens is 1. The number of nitrogens with one attached hydrogen (secondary N) is 1. The SMILES string of the molecule is O=C(NCc1ccccc1Cl)c1ccc2c(c1)N(CC(=O)N1CCCC1)C(=O)CO2. The highest BCUT2D eigenvalue weighted by molar-refractivity contribution is 6.31. The highest BCUT2D eigenvalue weighted by Crippen LogP contribution is 2.33. The molecule has 3 amide bonds. The average Bonchev–Trinajstić information content (AvgIpc) is 3.30. The molecule has 0 atom stereocenters. The molecule has 0 bridgehead atoms. The minimum atomic E-state index is -0.304. The zero-order valence-corrected chi connectivity index (χ0v) is 17.2. The third-order valence-electron chi connectivity index (χ3n) is 5.31. The van der Waals surface area contributed by atoms with Gasteiger partial charge in [-0.2, -0.15) is 0 Å². The van der Waals surface area contributed by atoms with Crippen LogP contribution in [0.25, 0.3) is 0 Å². The van der Waals surface area contributed by atoms with Crippen molar-refractivity contribution in [2.45, 2.75) is 19.4 Å². The van der Waals surface area contributed by atoms with Gasteiger partial charge >= 0.3 is 0 Å². The van der Waals surface area contributed by atoms with Crippen LogP contribution in [0.2, 0.25) is 5.02 Å². The summed E-state index contributed by atoms with van der Waals surface area (Å²) in [4.78, 5) is 40.9. The number of ether oxygens (including phenoxy) is 1. The number of carbonyl (C=O) groups is 3. The van der Waals surface area contributed by atoms with E-state index in [0.29, 0.717) is 35.1 Å². The summed E-state index contributed by atoms with van der Waals surface area (Å²) in [5, 5.41) is 3.41. The first kappa shape index (κ1) is 20.2. The van der Waals surface area contributed by atoms with Gasteiger partial charge in [-0.3, -0.25) is 19.3 Å². The maximum absolute atomic E-state index is 12.7. The fraction of sp³-hybridized carbons (Fsp3) is 0.318. The third kappa shape index (κ3) is 4.26. The lowest BCUT2D eigenvalue weighted by molar-refractivity contribution is -0.131. The molecule has 156 valence electrons. The third-order valence-corrected chi connectivity index (χ3v) is 5.68. The molecule has 2 aromatic carbocycles. The van der Waals surface area contributed by atoms with Crippen LogP contribution in [0.3, 0.4) is 0 Å². The van der Waals surface area contributed by atoms with E-state index in [4.69, 9.17) is 16.3 Å². The van der Waals surface area contributed by atoms with Crippen LogP contribution in [0.1, 0.15) is 28.8 Å². The zero-order chi connectivity index (χ0) is 21.1. The van der Waals surface area contributed by atoms with Crippen molar-refractivity contribution in [1.29, 1.82) is 0 Å². The smallest absolute Gasteiger partial charge is 0.265 e. The summed E-state index contributed by atoms with van der Waals surface area (Å²) in [5.41, 5.74) is 1.61. The molecule has 0 unspecified atom stereocenters. The molecule has 0 aromatic heterocycles. The molecule has 30 heavy (non-hydrogen) atoms. The number of likely N-dealkylation sites (tertiary alicyclic amines) is 1. The molecule has 4 rings (SSSR count). The topological polar surface area (TPSA) is 79.0 Å². The Morgan fingerprint density at radius 1 is 1.10 bits per heavy atom. The lowest BCUT2D eigenvalue weighted by Gasteiger charge is -2.30. The van der Waals surface area contributed by atoms with Crippen molar-refractivity contribution in [2.24, 2.45) is 0 Å². The van der Waals surface area contributed by atoms with Crippen LogP contribution in [0.5, 0.6) is 5.75 Å². The summed E-state index contributed by atoms with van der Waals surface area (Å²) in [6.07, 6.45) is 1.96. The highest BCUT2D eigenvalue weighted by atomic mass is 35.5. The number of nitrogens with zero attached hydrogens (tertiary/aromatic N) is 2. The van der Waals surface area contributed by atoms with Crippen molar-refractivity contribution in [3.05, 3.63) is 58.6 Å². The predicted octanol–water partition coefficient (Wildman–Crippen LogP) is 2.62. The molecular weight excluding hydrogens is 406 g/mol. The van der Waals surface area contributed by atoms with Crippen LogP contribution in [0.15, 0.2) is 42.5 Å². The maximum Gasteiger partial charge on any atom is 0.265 e. The van der Waals surface area contributed by atoms with E-state index in [0.717, 1.165) is 18.4 Å². The average molecular weight is 428 g/mol. The van der Waals surface area contributed by atoms with Gasteiger partial charge in [-0.25, -0.2) is 0 Å². The van der Waals surface area contributed by atoms with Gasteiger partial charge in [0.25, 0.3) is 11.8 Å². The lowest BCUT2D eigenvalue weighted by Crippen LogP contribution is -2.46. The van der Waals surface area contributed by atoms with E-state index < -0.39 is 0 Å². The standard InChI is InChI=1S/C22H22ClN3O4/c23-17-6-2-1-5-16(17)12-24-22(29)15-7-8-19-18(11-15)26(21(28)14-30-19)13-20(27)25-9-3-4-10-25/h1-2,5-8,11H,3-4,9-10,12-14H2,(H,24,29). The Hall–Kier alpha value is -3.06. The Balaban J connectivity index is 1.51. The number of hydrogen-bond acceptors (Lipinski definition) is 4. The second kappa shape index (κ2) is 8.75. The molecule has 7 nitrogen and oxygen atoms in total. The van der Waals surface area contributed by atoms with Gasteiger partial charge in [0, 0.05) is 30.2 Å². The van der Waals surface area contributed by atoms with Crippen molar-refractivity contribution < 1.29 is 19.1 Å². The maximum atomic E-state index is 12.7. The Morgan fingerprint density at radius 2 is 1.87 bits per heavy atom. The Morgan fingerprint density at radius 3 is 2.63 bits per heavy atom. The number of hydrogen-bond donors (Lipinski definition) is 1. The summed E-state index contributed by atoms with van der Waals surface area (Å²) in [6, 6.07) is 12.2. The van der Waals surface area contributed by atoms with E-state index >= 15 is 0 Å². The molecule has 2 aliphatic rings. The van der Waals surface area contributed by atoms with Crippen molar-refractivity contribution in [3.63, 3.8) is 0 Å². The van der Waals surface area contributed by atoms with Crippen LogP contribution >= 0.6 is 11.6 Å². The van der Waals surface area contributed by atoms with Crippen molar-refractivity contribution in [1.82, 2.24) is 10.2 Å². The normalized spacial score (nSPS) is 15.6. The van der Waals surface area contributed by atoms with E-state index in [9.17, 15) is 14.4 Å². The van der Waals surface area contributed by atoms with Crippen molar-refractivity contribution in [2.75, 3.05) is 31.1 Å². The van der Waals surface area contributed by atoms with Crippen LogP contribution in [0.4, 0.5) is 5.69 Å². The molecule has 0 aliphatic carbocycles. The van der Waals surface area contributed by atoms with Gasteiger partial charge in [0.15, 0.2) is 6.61 Å². The quantitative estimate of drug-likeness (QED) is 0.795. The van der Waals surface area contributed by atoms with E-state index in [2.05, 4.69) is 5.32 Å². The molecule has 2 aliphatic heterocycles. The van der Waals surface area contributed by atoms with Crippen molar-refractivity contribution >= 4 is 35.0 Å². The zero-order valence-electron chi connectivity index (χ0n) is 16.4. The van der Waals surface area contributed by atoms with Gasteiger partial charge in [-0.15, -0.1) is 0 Å². The van der Waals surface area contributed by atoms with Crippen molar-refractivity contribution in [3.8, 4) is 5.75 Å². The van der Waals surface area contributed by atoms with Gasteiger partial charge in [0.2, 0.25) is 5.91 Å². The summed E-state index contributed by atoms with van der Waals surface area (Å²) in [7, 11) is 0. The molecule has 1 saturated heterocycles. The molecule has 1 N–H and O–H groups in total. The fourth-order valence-electron chi connectivity index (χ4n) is 3.64. The molecular formula is C22H22ClN3O4.